The van der Waals surface area contributed by atoms with E-state index in [4.69, 9.17) is 4.52 Å². The van der Waals surface area contributed by atoms with Crippen molar-refractivity contribution in [1.29, 1.82) is 0 Å². The topological polar surface area (TPSA) is 62.5 Å². The van der Waals surface area contributed by atoms with Crippen molar-refractivity contribution >= 4 is 5.91 Å². The van der Waals surface area contributed by atoms with Crippen LogP contribution in [0.15, 0.2) is 34.9 Å². The molecule has 1 saturated heterocycles. The van der Waals surface area contributed by atoms with Crippen LogP contribution in [0.2, 0.25) is 0 Å². The van der Waals surface area contributed by atoms with Gasteiger partial charge in [-0.2, -0.15) is 4.98 Å². The van der Waals surface area contributed by atoms with Crippen LogP contribution in [0.4, 0.5) is 0 Å². The first-order chi connectivity index (χ1) is 12.1. The third kappa shape index (κ3) is 4.07. The third-order valence-electron chi connectivity index (χ3n) is 4.99. The lowest BCUT2D eigenvalue weighted by atomic mass is 10.1. The lowest BCUT2D eigenvalue weighted by Crippen LogP contribution is -2.40. The van der Waals surface area contributed by atoms with Crippen LogP contribution in [0.5, 0.6) is 0 Å². The maximum Gasteiger partial charge on any atom is 0.226 e. The maximum atomic E-state index is 12.2. The van der Waals surface area contributed by atoms with Crippen LogP contribution in [0.25, 0.3) is 0 Å². The second-order valence-electron chi connectivity index (χ2n) is 6.63. The van der Waals surface area contributed by atoms with Crippen LogP contribution in [0.1, 0.15) is 50.5 Å². The number of rotatable bonds is 6. The molecular weight excluding hydrogens is 316 g/mol. The van der Waals surface area contributed by atoms with Gasteiger partial charge < -0.3 is 9.42 Å². The Kier molecular flexibility index (Phi) is 5.48. The summed E-state index contributed by atoms with van der Waals surface area (Å²) in [5.74, 6) is 1.26. The molecule has 2 atom stereocenters. The quantitative estimate of drug-likeness (QED) is 0.808. The van der Waals surface area contributed by atoms with Crippen molar-refractivity contribution in [3.8, 4) is 0 Å². The fraction of sp³-hybridized carbons (Fsp3) is 0.526. The number of hydrogen-bond donors (Lipinski definition) is 0. The first-order valence-electron chi connectivity index (χ1n) is 8.96. The van der Waals surface area contributed by atoms with E-state index in [2.05, 4.69) is 46.2 Å². The Morgan fingerprint density at radius 3 is 2.80 bits per heavy atom. The highest BCUT2D eigenvalue weighted by atomic mass is 16.5. The minimum absolute atomic E-state index is 0.0575. The summed E-state index contributed by atoms with van der Waals surface area (Å²) in [5, 5.41) is 3.99. The number of carbonyl (C=O) groups is 1. The summed E-state index contributed by atoms with van der Waals surface area (Å²) < 4.78 is 5.16. The summed E-state index contributed by atoms with van der Waals surface area (Å²) in [6.07, 6.45) is 1.67. The summed E-state index contributed by atoms with van der Waals surface area (Å²) in [6, 6.07) is 11.0. The molecule has 0 spiro atoms. The lowest BCUT2D eigenvalue weighted by Gasteiger charge is -2.29. The van der Waals surface area contributed by atoms with E-state index in [0.29, 0.717) is 30.7 Å². The van der Waals surface area contributed by atoms with Crippen LogP contribution < -0.4 is 0 Å². The van der Waals surface area contributed by atoms with Crippen molar-refractivity contribution in [2.75, 3.05) is 13.1 Å². The van der Waals surface area contributed by atoms with E-state index in [0.717, 1.165) is 19.5 Å². The van der Waals surface area contributed by atoms with E-state index in [1.807, 2.05) is 17.9 Å². The van der Waals surface area contributed by atoms with E-state index in [1.54, 1.807) is 6.92 Å². The van der Waals surface area contributed by atoms with Crippen molar-refractivity contribution in [1.82, 2.24) is 19.9 Å². The van der Waals surface area contributed by atoms with E-state index in [-0.39, 0.29) is 11.9 Å². The first-order valence-corrected chi connectivity index (χ1v) is 8.96. The van der Waals surface area contributed by atoms with Crippen molar-refractivity contribution in [3.05, 3.63) is 47.6 Å². The monoisotopic (exact) mass is 342 g/mol. The molecule has 1 fully saturated rings. The second kappa shape index (κ2) is 7.78. The minimum atomic E-state index is 0.0575. The highest BCUT2D eigenvalue weighted by Gasteiger charge is 2.32. The van der Waals surface area contributed by atoms with Gasteiger partial charge in [0.2, 0.25) is 11.8 Å². The number of aromatic nitrogens is 2. The lowest BCUT2D eigenvalue weighted by molar-refractivity contribution is -0.131. The highest BCUT2D eigenvalue weighted by Crippen LogP contribution is 2.27. The largest absolute Gasteiger partial charge is 0.339 e. The molecule has 6 nitrogen and oxygen atoms in total. The molecule has 1 aromatic carbocycles. The average molecular weight is 342 g/mol. The molecule has 0 N–H and O–H groups in total. The predicted molar refractivity (Wildman–Crippen MR) is 94.7 cm³/mol. The van der Waals surface area contributed by atoms with Crippen molar-refractivity contribution in [3.63, 3.8) is 0 Å². The summed E-state index contributed by atoms with van der Waals surface area (Å²) >= 11 is 0. The van der Waals surface area contributed by atoms with E-state index in [9.17, 15) is 4.79 Å². The minimum Gasteiger partial charge on any atom is -0.339 e. The summed E-state index contributed by atoms with van der Waals surface area (Å²) in [4.78, 5) is 20.8. The Labute approximate surface area is 148 Å². The highest BCUT2D eigenvalue weighted by molar-refractivity contribution is 5.73. The van der Waals surface area contributed by atoms with Crippen molar-refractivity contribution < 1.29 is 9.32 Å². The molecule has 25 heavy (non-hydrogen) atoms. The molecule has 2 unspecified atom stereocenters. The van der Waals surface area contributed by atoms with Crippen LogP contribution in [-0.2, 0) is 17.8 Å². The first kappa shape index (κ1) is 17.6. The molecule has 2 aromatic rings. The Balaban J connectivity index is 1.66. The molecule has 0 saturated carbocycles. The SMILES string of the molecule is CCc1nc(CN(C(C)=O)C2CCN(C(C)c3ccccc3)C2)no1. The van der Waals surface area contributed by atoms with E-state index < -0.39 is 0 Å². The molecule has 1 aromatic heterocycles. The second-order valence-corrected chi connectivity index (χ2v) is 6.63. The smallest absolute Gasteiger partial charge is 0.226 e. The van der Waals surface area contributed by atoms with Crippen LogP contribution >= 0.6 is 0 Å². The number of hydrogen-bond acceptors (Lipinski definition) is 5. The van der Waals surface area contributed by atoms with Crippen LogP contribution in [0, 0.1) is 0 Å². The fourth-order valence-corrected chi connectivity index (χ4v) is 3.46. The van der Waals surface area contributed by atoms with E-state index >= 15 is 0 Å². The molecule has 0 radical (unpaired) electrons. The van der Waals surface area contributed by atoms with Gasteiger partial charge in [-0.05, 0) is 18.9 Å². The molecule has 1 aliphatic heterocycles. The van der Waals surface area contributed by atoms with Gasteiger partial charge in [0.1, 0.15) is 0 Å². The number of nitrogens with zero attached hydrogens (tertiary/aromatic N) is 4. The molecule has 1 amide bonds. The zero-order chi connectivity index (χ0) is 17.8. The third-order valence-corrected chi connectivity index (χ3v) is 4.99. The maximum absolute atomic E-state index is 12.2. The molecule has 0 bridgehead atoms. The predicted octanol–water partition coefficient (Wildman–Crippen LogP) is 2.82. The summed E-state index contributed by atoms with van der Waals surface area (Å²) in [5.41, 5.74) is 1.31. The van der Waals surface area contributed by atoms with Gasteiger partial charge >= 0.3 is 0 Å². The molecule has 2 heterocycles. The number of benzene rings is 1. The summed E-state index contributed by atoms with van der Waals surface area (Å²) in [7, 11) is 0. The van der Waals surface area contributed by atoms with E-state index in [1.165, 1.54) is 5.56 Å². The standard InChI is InChI=1S/C19H26N4O2/c1-4-19-20-18(21-25-19)13-23(15(3)24)17-10-11-22(12-17)14(2)16-8-6-5-7-9-16/h5-9,14,17H,4,10-13H2,1-3H3. The van der Waals surface area contributed by atoms with Gasteiger partial charge in [0, 0.05) is 38.5 Å². The van der Waals surface area contributed by atoms with Gasteiger partial charge in [-0.3, -0.25) is 9.69 Å². The zero-order valence-electron chi connectivity index (χ0n) is 15.2. The van der Waals surface area contributed by atoms with Crippen LogP contribution in [-0.4, -0.2) is 45.0 Å². The number of carbonyl (C=O) groups excluding carboxylic acids is 1. The molecular formula is C19H26N4O2. The molecule has 3 rings (SSSR count). The van der Waals surface area contributed by atoms with Gasteiger partial charge in [-0.15, -0.1) is 0 Å². The van der Waals surface area contributed by atoms with Gasteiger partial charge in [0.25, 0.3) is 0 Å². The number of aryl methyl sites for hydroxylation is 1. The molecule has 1 aliphatic rings. The molecule has 6 heteroatoms. The Bertz CT molecular complexity index is 700. The Hall–Kier alpha value is -2.21. The van der Waals surface area contributed by atoms with Gasteiger partial charge in [0.05, 0.1) is 6.54 Å². The Morgan fingerprint density at radius 1 is 1.40 bits per heavy atom. The molecule has 134 valence electrons. The van der Waals surface area contributed by atoms with Crippen LogP contribution in [0.3, 0.4) is 0 Å². The van der Waals surface area contributed by atoms with Crippen molar-refractivity contribution in [2.24, 2.45) is 0 Å². The fourth-order valence-electron chi connectivity index (χ4n) is 3.46. The van der Waals surface area contributed by atoms with Crippen molar-refractivity contribution in [2.45, 2.75) is 52.2 Å². The van der Waals surface area contributed by atoms with Gasteiger partial charge in [0.15, 0.2) is 5.82 Å². The zero-order valence-corrected chi connectivity index (χ0v) is 15.2. The van der Waals surface area contributed by atoms with Gasteiger partial charge in [-0.25, -0.2) is 0 Å². The number of likely N-dealkylation sites (tertiary alicyclic amines) is 1. The average Bonchev–Trinajstić information content (AvgIpc) is 3.29. The molecule has 0 aliphatic carbocycles. The number of amides is 1. The normalized spacial score (nSPS) is 19.1. The van der Waals surface area contributed by atoms with Gasteiger partial charge in [-0.1, -0.05) is 42.4 Å². The summed E-state index contributed by atoms with van der Waals surface area (Å²) in [6.45, 7) is 8.08. The Morgan fingerprint density at radius 2 is 2.16 bits per heavy atom.